The summed E-state index contributed by atoms with van der Waals surface area (Å²) in [7, 11) is 1.54. The number of hydroxylamine groups is 1. The first-order valence-electron chi connectivity index (χ1n) is 8.21. The van der Waals surface area contributed by atoms with Crippen LogP contribution in [-0.4, -0.2) is 28.8 Å². The second-order valence-electron chi connectivity index (χ2n) is 5.96. The highest BCUT2D eigenvalue weighted by Gasteiger charge is 2.25. The molecule has 1 aromatic carbocycles. The standard InChI is InChI=1S/C18H17ClIN3O5/c1-9-8-27-15-13(9)18(26)23(2)16(14(15)17(25)22-28-6-5-24)21-12-4-3-10(20)7-11(12)19/h3-4,7-8,21,24H,5-6H2,1-2H3,(H,22,25). The van der Waals surface area contributed by atoms with Gasteiger partial charge in [-0.15, -0.1) is 0 Å². The molecular formula is C18H17ClIN3O5. The summed E-state index contributed by atoms with van der Waals surface area (Å²) in [6.07, 6.45) is 1.42. The zero-order valence-corrected chi connectivity index (χ0v) is 17.9. The first-order valence-corrected chi connectivity index (χ1v) is 9.66. The van der Waals surface area contributed by atoms with Crippen molar-refractivity contribution in [3.05, 3.63) is 54.5 Å². The van der Waals surface area contributed by atoms with Crippen LogP contribution in [0.1, 0.15) is 15.9 Å². The van der Waals surface area contributed by atoms with Gasteiger partial charge in [0.05, 0.1) is 35.6 Å². The minimum atomic E-state index is -0.632. The average molecular weight is 518 g/mol. The van der Waals surface area contributed by atoms with Gasteiger partial charge in [-0.05, 0) is 47.7 Å². The Morgan fingerprint density at radius 3 is 2.86 bits per heavy atom. The molecule has 0 atom stereocenters. The second-order valence-corrected chi connectivity index (χ2v) is 7.62. The van der Waals surface area contributed by atoms with E-state index in [4.69, 9.17) is 26.0 Å². The van der Waals surface area contributed by atoms with Crippen molar-refractivity contribution in [2.45, 2.75) is 6.92 Å². The lowest BCUT2D eigenvalue weighted by molar-refractivity contribution is 0.0169. The van der Waals surface area contributed by atoms with Crippen LogP contribution >= 0.6 is 34.2 Å². The molecule has 2 heterocycles. The number of pyridine rings is 1. The number of aromatic nitrogens is 1. The van der Waals surface area contributed by atoms with Crippen LogP contribution in [0.2, 0.25) is 5.02 Å². The Balaban J connectivity index is 2.19. The molecule has 1 amide bonds. The van der Waals surface area contributed by atoms with E-state index in [2.05, 4.69) is 33.4 Å². The molecule has 3 rings (SSSR count). The molecule has 8 nitrogen and oxygen atoms in total. The fraction of sp³-hybridized carbons (Fsp3) is 0.222. The van der Waals surface area contributed by atoms with E-state index in [-0.39, 0.29) is 35.7 Å². The van der Waals surface area contributed by atoms with E-state index in [1.807, 2.05) is 6.07 Å². The van der Waals surface area contributed by atoms with Crippen molar-refractivity contribution in [1.29, 1.82) is 0 Å². The largest absolute Gasteiger partial charge is 0.463 e. The number of rotatable bonds is 6. The average Bonchev–Trinajstić information content (AvgIpc) is 3.03. The third-order valence-electron chi connectivity index (χ3n) is 4.06. The van der Waals surface area contributed by atoms with Gasteiger partial charge in [-0.1, -0.05) is 11.6 Å². The molecule has 28 heavy (non-hydrogen) atoms. The van der Waals surface area contributed by atoms with E-state index in [9.17, 15) is 9.59 Å². The summed E-state index contributed by atoms with van der Waals surface area (Å²) >= 11 is 8.43. The monoisotopic (exact) mass is 517 g/mol. The van der Waals surface area contributed by atoms with Crippen molar-refractivity contribution in [2.75, 3.05) is 18.5 Å². The number of carbonyl (C=O) groups excluding carboxylic acids is 1. The van der Waals surface area contributed by atoms with Crippen LogP contribution in [-0.2, 0) is 11.9 Å². The van der Waals surface area contributed by atoms with Crippen LogP contribution in [0, 0.1) is 10.5 Å². The minimum absolute atomic E-state index is 0.0798. The molecule has 0 spiro atoms. The molecule has 148 valence electrons. The number of hydrogen-bond donors (Lipinski definition) is 3. The molecule has 0 aliphatic heterocycles. The van der Waals surface area contributed by atoms with E-state index in [1.165, 1.54) is 10.8 Å². The number of amides is 1. The number of furan rings is 1. The van der Waals surface area contributed by atoms with Crippen molar-refractivity contribution in [3.63, 3.8) is 0 Å². The Bertz CT molecular complexity index is 1110. The molecule has 0 saturated carbocycles. The van der Waals surface area contributed by atoms with Gasteiger partial charge in [0.2, 0.25) is 0 Å². The quantitative estimate of drug-likeness (QED) is 0.264. The first-order chi connectivity index (χ1) is 13.3. The molecule has 3 aromatic rings. The summed E-state index contributed by atoms with van der Waals surface area (Å²) in [6.45, 7) is 1.38. The van der Waals surface area contributed by atoms with Crippen molar-refractivity contribution in [3.8, 4) is 0 Å². The van der Waals surface area contributed by atoms with E-state index in [0.29, 0.717) is 21.7 Å². The number of aryl methyl sites for hydroxylation is 1. The fourth-order valence-corrected chi connectivity index (χ4v) is 3.63. The first kappa shape index (κ1) is 20.6. The highest BCUT2D eigenvalue weighted by atomic mass is 127. The normalized spacial score (nSPS) is 11.0. The van der Waals surface area contributed by atoms with Crippen LogP contribution in [0.5, 0.6) is 0 Å². The predicted molar refractivity (Wildman–Crippen MR) is 114 cm³/mol. The lowest BCUT2D eigenvalue weighted by atomic mass is 10.1. The third-order valence-corrected chi connectivity index (χ3v) is 5.05. The Morgan fingerprint density at radius 2 is 2.18 bits per heavy atom. The van der Waals surface area contributed by atoms with Crippen molar-refractivity contribution in [1.82, 2.24) is 10.0 Å². The van der Waals surface area contributed by atoms with E-state index in [0.717, 1.165) is 3.57 Å². The summed E-state index contributed by atoms with van der Waals surface area (Å²) < 4.78 is 7.78. The summed E-state index contributed by atoms with van der Waals surface area (Å²) in [5.74, 6) is -0.437. The molecular weight excluding hydrogens is 501 g/mol. The van der Waals surface area contributed by atoms with Gasteiger partial charge in [-0.3, -0.25) is 19.0 Å². The number of carbonyl (C=O) groups is 1. The second kappa shape index (κ2) is 8.52. The van der Waals surface area contributed by atoms with Crippen molar-refractivity contribution < 1.29 is 19.2 Å². The Morgan fingerprint density at radius 1 is 1.43 bits per heavy atom. The molecule has 0 fully saturated rings. The maximum Gasteiger partial charge on any atom is 0.282 e. The molecule has 0 unspecified atom stereocenters. The number of nitrogens with zero attached hydrogens (tertiary/aromatic N) is 1. The SMILES string of the molecule is Cc1coc2c(C(=O)NOCCO)c(Nc3ccc(I)cc3Cl)n(C)c(=O)c12. The molecule has 2 aromatic heterocycles. The number of benzene rings is 1. The maximum absolute atomic E-state index is 12.8. The van der Waals surface area contributed by atoms with Crippen LogP contribution in [0.15, 0.2) is 33.7 Å². The van der Waals surface area contributed by atoms with Crippen molar-refractivity contribution >= 4 is 62.6 Å². The number of hydrogen-bond acceptors (Lipinski definition) is 6. The number of halogens is 2. The minimum Gasteiger partial charge on any atom is -0.463 e. The van der Waals surface area contributed by atoms with Crippen LogP contribution in [0.25, 0.3) is 11.0 Å². The molecule has 10 heteroatoms. The van der Waals surface area contributed by atoms with Gasteiger partial charge in [0.15, 0.2) is 5.58 Å². The number of aliphatic hydroxyl groups excluding tert-OH is 1. The maximum atomic E-state index is 12.8. The Hall–Kier alpha value is -2.08. The molecule has 3 N–H and O–H groups in total. The summed E-state index contributed by atoms with van der Waals surface area (Å²) in [5, 5.41) is 12.6. The van der Waals surface area contributed by atoms with Gasteiger partial charge in [0.1, 0.15) is 11.4 Å². The van der Waals surface area contributed by atoms with Crippen LogP contribution < -0.4 is 16.4 Å². The molecule has 0 aliphatic carbocycles. The number of anilines is 2. The topological polar surface area (TPSA) is 106 Å². The lowest BCUT2D eigenvalue weighted by Gasteiger charge is -2.17. The molecule has 0 saturated heterocycles. The van der Waals surface area contributed by atoms with Gasteiger partial charge >= 0.3 is 0 Å². The zero-order chi connectivity index (χ0) is 20.4. The number of nitrogens with one attached hydrogen (secondary N) is 2. The van der Waals surface area contributed by atoms with Gasteiger partial charge < -0.3 is 14.8 Å². The van der Waals surface area contributed by atoms with E-state index in [1.54, 1.807) is 26.1 Å². The number of aliphatic hydroxyl groups is 1. The molecule has 0 bridgehead atoms. The third kappa shape index (κ3) is 3.88. The van der Waals surface area contributed by atoms with Gasteiger partial charge in [0.25, 0.3) is 11.5 Å². The predicted octanol–water partition coefficient (Wildman–Crippen LogP) is 3.10. The van der Waals surface area contributed by atoms with Gasteiger partial charge in [0, 0.05) is 16.2 Å². The fourth-order valence-electron chi connectivity index (χ4n) is 2.73. The zero-order valence-electron chi connectivity index (χ0n) is 15.0. The molecule has 0 radical (unpaired) electrons. The van der Waals surface area contributed by atoms with Gasteiger partial charge in [-0.25, -0.2) is 5.48 Å². The smallest absolute Gasteiger partial charge is 0.282 e. The summed E-state index contributed by atoms with van der Waals surface area (Å²) in [6, 6.07) is 5.34. The Labute approximate surface area is 178 Å². The summed E-state index contributed by atoms with van der Waals surface area (Å²) in [5.41, 5.74) is 3.27. The molecule has 0 aliphatic rings. The summed E-state index contributed by atoms with van der Waals surface area (Å²) in [4.78, 5) is 30.6. The van der Waals surface area contributed by atoms with Crippen LogP contribution in [0.4, 0.5) is 11.5 Å². The Kier molecular flexibility index (Phi) is 6.28. The highest BCUT2D eigenvalue weighted by molar-refractivity contribution is 14.1. The van der Waals surface area contributed by atoms with Crippen molar-refractivity contribution in [2.24, 2.45) is 7.05 Å². The number of fused-ring (bicyclic) bond motifs is 1. The van der Waals surface area contributed by atoms with Crippen LogP contribution in [0.3, 0.4) is 0 Å². The lowest BCUT2D eigenvalue weighted by Crippen LogP contribution is -2.30. The highest BCUT2D eigenvalue weighted by Crippen LogP contribution is 2.32. The van der Waals surface area contributed by atoms with E-state index >= 15 is 0 Å². The van der Waals surface area contributed by atoms with Gasteiger partial charge in [-0.2, -0.15) is 0 Å². The van der Waals surface area contributed by atoms with E-state index < -0.39 is 5.91 Å².